The molecule has 0 saturated carbocycles. The maximum atomic E-state index is 11.0. The summed E-state index contributed by atoms with van der Waals surface area (Å²) in [4.78, 5) is 16.9. The summed E-state index contributed by atoms with van der Waals surface area (Å²) in [6.45, 7) is 8.16. The lowest BCUT2D eigenvalue weighted by Gasteiger charge is -2.40. The van der Waals surface area contributed by atoms with Crippen LogP contribution in [0.4, 0.5) is 0 Å². The summed E-state index contributed by atoms with van der Waals surface area (Å²) in [5.74, 6) is -0.239. The fourth-order valence-electron chi connectivity index (χ4n) is 0.963. The number of methoxy groups -OCH3 is 1. The summed E-state index contributed by atoms with van der Waals surface area (Å²) >= 11 is 0. The highest BCUT2D eigenvalue weighted by Gasteiger charge is 2.36. The number of carbonyl (C=O) groups is 1. The second-order valence-electron chi connectivity index (χ2n) is 5.22. The topological polar surface area (TPSA) is 35.5 Å². The molecule has 0 aliphatic rings. The van der Waals surface area contributed by atoms with Gasteiger partial charge in [-0.3, -0.25) is 4.79 Å². The van der Waals surface area contributed by atoms with Crippen molar-refractivity contribution in [3.8, 4) is 0 Å². The lowest BCUT2D eigenvalue weighted by Crippen LogP contribution is -2.55. The fourth-order valence-corrected chi connectivity index (χ4v) is 0.963. The minimum absolute atomic E-state index is 0.0234. The lowest BCUT2D eigenvalue weighted by atomic mass is 10.1. The van der Waals surface area contributed by atoms with Gasteiger partial charge in [-0.15, -0.1) is 0 Å². The van der Waals surface area contributed by atoms with Crippen molar-refractivity contribution in [3.05, 3.63) is 0 Å². The van der Waals surface area contributed by atoms with Crippen LogP contribution in [0.1, 0.15) is 34.1 Å². The molecule has 1 atom stereocenters. The standard InChI is InChI=1S/C11H24NO3/c1-9(8-10(13)14-7)15-12(5,6)11(2,3)4/h9H,8H2,1-7H3/q+1. The van der Waals surface area contributed by atoms with Crippen molar-refractivity contribution in [1.29, 1.82) is 0 Å². The molecule has 0 N–H and O–H groups in total. The second kappa shape index (κ2) is 4.94. The molecule has 0 saturated heterocycles. The first-order valence-corrected chi connectivity index (χ1v) is 5.19. The summed E-state index contributed by atoms with van der Waals surface area (Å²) in [6.07, 6.45) is 0.139. The Bertz CT molecular complexity index is 218. The third-order valence-corrected chi connectivity index (χ3v) is 2.74. The minimum Gasteiger partial charge on any atom is -0.469 e. The van der Waals surface area contributed by atoms with E-state index < -0.39 is 0 Å². The molecule has 90 valence electrons. The van der Waals surface area contributed by atoms with Crippen LogP contribution in [0.3, 0.4) is 0 Å². The Morgan fingerprint density at radius 2 is 1.80 bits per heavy atom. The van der Waals surface area contributed by atoms with Crippen LogP contribution in [0.15, 0.2) is 0 Å². The molecule has 1 unspecified atom stereocenters. The van der Waals surface area contributed by atoms with Crippen molar-refractivity contribution in [1.82, 2.24) is 0 Å². The summed E-state index contributed by atoms with van der Waals surface area (Å²) < 4.78 is 5.00. The van der Waals surface area contributed by atoms with Crippen molar-refractivity contribution in [2.75, 3.05) is 21.2 Å². The molecule has 0 aromatic carbocycles. The van der Waals surface area contributed by atoms with E-state index in [0.29, 0.717) is 4.65 Å². The quantitative estimate of drug-likeness (QED) is 0.409. The van der Waals surface area contributed by atoms with Gasteiger partial charge in [-0.1, -0.05) is 0 Å². The van der Waals surface area contributed by atoms with Crippen LogP contribution in [0.5, 0.6) is 0 Å². The average molecular weight is 218 g/mol. The first-order chi connectivity index (χ1) is 6.60. The highest BCUT2D eigenvalue weighted by Crippen LogP contribution is 2.22. The maximum Gasteiger partial charge on any atom is 0.308 e. The second-order valence-corrected chi connectivity index (χ2v) is 5.22. The molecule has 0 spiro atoms. The van der Waals surface area contributed by atoms with E-state index in [0.717, 1.165) is 0 Å². The molecule has 4 nitrogen and oxygen atoms in total. The van der Waals surface area contributed by atoms with Gasteiger partial charge in [0.1, 0.15) is 11.6 Å². The molecule has 0 bridgehead atoms. The molecule has 0 rings (SSSR count). The van der Waals surface area contributed by atoms with Crippen molar-refractivity contribution in [3.63, 3.8) is 0 Å². The Balaban J connectivity index is 4.28. The molecule has 4 heteroatoms. The van der Waals surface area contributed by atoms with Gasteiger partial charge in [-0.2, -0.15) is 9.48 Å². The number of ether oxygens (including phenoxy) is 1. The first-order valence-electron chi connectivity index (χ1n) is 5.19. The first kappa shape index (κ1) is 14.4. The van der Waals surface area contributed by atoms with Crippen LogP contribution < -0.4 is 0 Å². The maximum absolute atomic E-state index is 11.0. The van der Waals surface area contributed by atoms with Gasteiger partial charge in [0.05, 0.1) is 27.6 Å². The molecule has 0 aromatic rings. The summed E-state index contributed by atoms with van der Waals surface area (Å²) in [6, 6.07) is 0. The normalized spacial score (nSPS) is 14.9. The van der Waals surface area contributed by atoms with Crippen LogP contribution in [0.2, 0.25) is 0 Å². The zero-order chi connectivity index (χ0) is 12.3. The van der Waals surface area contributed by atoms with E-state index in [2.05, 4.69) is 25.5 Å². The van der Waals surface area contributed by atoms with Gasteiger partial charge in [0, 0.05) is 0 Å². The largest absolute Gasteiger partial charge is 0.469 e. The highest BCUT2D eigenvalue weighted by atomic mass is 16.7. The molecule has 0 amide bonds. The molecule has 0 aliphatic heterocycles. The minimum atomic E-state index is -0.239. The summed E-state index contributed by atoms with van der Waals surface area (Å²) in [7, 11) is 5.35. The fraction of sp³-hybridized carbons (Fsp3) is 0.909. The third kappa shape index (κ3) is 4.62. The van der Waals surface area contributed by atoms with E-state index in [4.69, 9.17) is 4.84 Å². The molecular formula is C11H24NO3+. The van der Waals surface area contributed by atoms with Crippen LogP contribution >= 0.6 is 0 Å². The van der Waals surface area contributed by atoms with E-state index in [9.17, 15) is 4.79 Å². The molecule has 0 heterocycles. The van der Waals surface area contributed by atoms with Crippen molar-refractivity contribution in [2.24, 2.45) is 0 Å². The molecule has 0 fully saturated rings. The Morgan fingerprint density at radius 1 is 1.33 bits per heavy atom. The predicted octanol–water partition coefficient (Wildman–Crippen LogP) is 1.74. The van der Waals surface area contributed by atoms with Gasteiger partial charge in [0.2, 0.25) is 0 Å². The average Bonchev–Trinajstić information content (AvgIpc) is 2.00. The number of quaternary nitrogens is 1. The monoisotopic (exact) mass is 218 g/mol. The smallest absolute Gasteiger partial charge is 0.308 e. The zero-order valence-electron chi connectivity index (χ0n) is 11.0. The Labute approximate surface area is 92.7 Å². The Hall–Kier alpha value is -0.610. The van der Waals surface area contributed by atoms with Gasteiger partial charge in [0.25, 0.3) is 0 Å². The molecule has 0 aliphatic carbocycles. The van der Waals surface area contributed by atoms with Crippen molar-refractivity contribution in [2.45, 2.75) is 45.8 Å². The van der Waals surface area contributed by atoms with Gasteiger partial charge in [0.15, 0.2) is 0 Å². The van der Waals surface area contributed by atoms with Crippen molar-refractivity contribution >= 4 is 5.97 Å². The van der Waals surface area contributed by atoms with E-state index in [1.165, 1.54) is 7.11 Å². The molecule has 0 radical (unpaired) electrons. The van der Waals surface area contributed by atoms with Crippen LogP contribution in [-0.4, -0.2) is 43.5 Å². The molecular weight excluding hydrogens is 194 g/mol. The van der Waals surface area contributed by atoms with Crippen LogP contribution in [0, 0.1) is 0 Å². The Kier molecular flexibility index (Phi) is 4.74. The van der Waals surface area contributed by atoms with Gasteiger partial charge in [-0.25, -0.2) is 0 Å². The number of carbonyl (C=O) groups excluding carboxylic acids is 1. The van der Waals surface area contributed by atoms with Gasteiger partial charge >= 0.3 is 5.97 Å². The van der Waals surface area contributed by atoms with Crippen LogP contribution in [-0.2, 0) is 14.4 Å². The number of esters is 1. The molecule has 0 aromatic heterocycles. The van der Waals surface area contributed by atoms with Crippen LogP contribution in [0.25, 0.3) is 0 Å². The SMILES string of the molecule is COC(=O)CC(C)O[N+](C)(C)C(C)(C)C. The lowest BCUT2D eigenvalue weighted by molar-refractivity contribution is -1.11. The number of hydroxylamine groups is 3. The number of hydrogen-bond acceptors (Lipinski definition) is 3. The predicted molar refractivity (Wildman–Crippen MR) is 59.0 cm³/mol. The van der Waals surface area contributed by atoms with E-state index in [1.807, 2.05) is 21.0 Å². The van der Waals surface area contributed by atoms with Crippen molar-refractivity contribution < 1.29 is 19.0 Å². The van der Waals surface area contributed by atoms with E-state index >= 15 is 0 Å². The number of rotatable bonds is 4. The highest BCUT2D eigenvalue weighted by molar-refractivity contribution is 5.69. The zero-order valence-corrected chi connectivity index (χ0v) is 11.0. The molecule has 15 heavy (non-hydrogen) atoms. The van der Waals surface area contributed by atoms with Gasteiger partial charge in [-0.05, 0) is 27.7 Å². The third-order valence-electron chi connectivity index (χ3n) is 2.74. The van der Waals surface area contributed by atoms with E-state index in [1.54, 1.807) is 0 Å². The number of hydrogen-bond donors (Lipinski definition) is 0. The van der Waals surface area contributed by atoms with E-state index in [-0.39, 0.29) is 24.0 Å². The summed E-state index contributed by atoms with van der Waals surface area (Å²) in [5.41, 5.74) is -0.0234. The summed E-state index contributed by atoms with van der Waals surface area (Å²) in [5, 5.41) is 0. The van der Waals surface area contributed by atoms with Gasteiger partial charge < -0.3 is 4.74 Å². The Morgan fingerprint density at radius 3 is 2.13 bits per heavy atom. The number of nitrogens with zero attached hydrogens (tertiary/aromatic N) is 1.